The number of rotatable bonds is 6. The molecule has 152 valence electrons. The molecule has 1 fully saturated rings. The van der Waals surface area contributed by atoms with E-state index < -0.39 is 0 Å². The molecule has 2 amide bonds. The van der Waals surface area contributed by atoms with E-state index in [1.54, 1.807) is 36.5 Å². The molecule has 1 aliphatic rings. The van der Waals surface area contributed by atoms with Crippen LogP contribution < -0.4 is 20.7 Å². The lowest BCUT2D eigenvalue weighted by atomic mass is 9.88. The number of nitrogens with one attached hydrogen (secondary N) is 3. The van der Waals surface area contributed by atoms with Gasteiger partial charge in [0.05, 0.1) is 18.4 Å². The molecule has 1 atom stereocenters. The van der Waals surface area contributed by atoms with Crippen LogP contribution in [-0.4, -0.2) is 37.0 Å². The number of methoxy groups -OCH3 is 1. The summed E-state index contributed by atoms with van der Waals surface area (Å²) in [6, 6.07) is 8.52. The molecule has 1 aliphatic heterocycles. The number of carbonyl (C=O) groups is 2. The van der Waals surface area contributed by atoms with E-state index in [0.29, 0.717) is 28.6 Å². The molecular formula is C19H24Cl2N4O3. The van der Waals surface area contributed by atoms with Crippen LogP contribution in [0.4, 0.5) is 11.4 Å². The number of nitrogens with zero attached hydrogens (tertiary/aromatic N) is 1. The maximum Gasteiger partial charge on any atom is 0.257 e. The number of pyridine rings is 1. The molecule has 2 aromatic rings. The standard InChI is InChI=1S/C19H22N4O3.2ClH/c1-12(14-10-21-11-14)18(24)22-15-5-6-16(17(8-15)26-2)23-19(25)13-4-3-7-20-9-13;;/h3-9,12,14,21H,10-11H2,1-2H3,(H,22,24)(H,23,25);2*1H. The van der Waals surface area contributed by atoms with Gasteiger partial charge >= 0.3 is 0 Å². The second kappa shape index (κ2) is 10.8. The number of ether oxygens (including phenoxy) is 1. The Bertz CT molecular complexity index is 801. The first-order chi connectivity index (χ1) is 12.6. The molecule has 0 spiro atoms. The largest absolute Gasteiger partial charge is 0.494 e. The highest BCUT2D eigenvalue weighted by atomic mass is 35.5. The molecule has 0 saturated carbocycles. The summed E-state index contributed by atoms with van der Waals surface area (Å²) in [7, 11) is 1.52. The van der Waals surface area contributed by atoms with Crippen molar-refractivity contribution in [2.75, 3.05) is 30.8 Å². The van der Waals surface area contributed by atoms with Crippen molar-refractivity contribution in [3.8, 4) is 5.75 Å². The first-order valence-corrected chi connectivity index (χ1v) is 8.49. The van der Waals surface area contributed by atoms with Gasteiger partial charge in [-0.15, -0.1) is 24.8 Å². The SMILES string of the molecule is COc1cc(NC(=O)C(C)C2CNC2)ccc1NC(=O)c1cccnc1.Cl.Cl. The number of halogens is 2. The summed E-state index contributed by atoms with van der Waals surface area (Å²) < 4.78 is 5.35. The molecule has 1 unspecified atom stereocenters. The third-order valence-electron chi connectivity index (χ3n) is 4.57. The fourth-order valence-corrected chi connectivity index (χ4v) is 2.70. The predicted octanol–water partition coefficient (Wildman–Crippen LogP) is 2.98. The van der Waals surface area contributed by atoms with Gasteiger partial charge in [0, 0.05) is 30.1 Å². The lowest BCUT2D eigenvalue weighted by Gasteiger charge is -2.31. The Balaban J connectivity index is 0.00000196. The number of carbonyl (C=O) groups excluding carboxylic acids is 2. The average Bonchev–Trinajstić information content (AvgIpc) is 2.62. The summed E-state index contributed by atoms with van der Waals surface area (Å²) in [4.78, 5) is 28.5. The van der Waals surface area contributed by atoms with Crippen LogP contribution in [0, 0.1) is 11.8 Å². The molecule has 3 rings (SSSR count). The molecule has 0 bridgehead atoms. The van der Waals surface area contributed by atoms with Gasteiger partial charge in [0.25, 0.3) is 5.91 Å². The number of anilines is 2. The molecular weight excluding hydrogens is 403 g/mol. The molecule has 28 heavy (non-hydrogen) atoms. The fraction of sp³-hybridized carbons (Fsp3) is 0.316. The van der Waals surface area contributed by atoms with E-state index in [4.69, 9.17) is 4.74 Å². The Morgan fingerprint density at radius 2 is 1.96 bits per heavy atom. The summed E-state index contributed by atoms with van der Waals surface area (Å²) in [6.07, 6.45) is 3.10. The van der Waals surface area contributed by atoms with Crippen LogP contribution in [0.2, 0.25) is 0 Å². The minimum Gasteiger partial charge on any atom is -0.494 e. The lowest BCUT2D eigenvalue weighted by molar-refractivity contribution is -0.121. The van der Waals surface area contributed by atoms with Gasteiger partial charge in [0.15, 0.2) is 0 Å². The summed E-state index contributed by atoms with van der Waals surface area (Å²) in [5, 5.41) is 8.87. The normalized spacial score (nSPS) is 13.8. The highest BCUT2D eigenvalue weighted by molar-refractivity contribution is 6.05. The highest BCUT2D eigenvalue weighted by Crippen LogP contribution is 2.29. The van der Waals surface area contributed by atoms with Gasteiger partial charge in [-0.25, -0.2) is 0 Å². The van der Waals surface area contributed by atoms with Crippen LogP contribution in [0.25, 0.3) is 0 Å². The zero-order chi connectivity index (χ0) is 18.5. The van der Waals surface area contributed by atoms with Crippen molar-refractivity contribution in [1.82, 2.24) is 10.3 Å². The van der Waals surface area contributed by atoms with Gasteiger partial charge in [-0.05, 0) is 43.3 Å². The Kier molecular flexibility index (Phi) is 9.18. The van der Waals surface area contributed by atoms with Crippen LogP contribution in [-0.2, 0) is 4.79 Å². The number of hydrogen-bond donors (Lipinski definition) is 3. The van der Waals surface area contributed by atoms with Crippen LogP contribution in [0.5, 0.6) is 5.75 Å². The first kappa shape index (κ1) is 23.7. The maximum atomic E-state index is 12.3. The molecule has 9 heteroatoms. The van der Waals surface area contributed by atoms with Crippen LogP contribution >= 0.6 is 24.8 Å². The summed E-state index contributed by atoms with van der Waals surface area (Å²) >= 11 is 0. The molecule has 1 aromatic heterocycles. The van der Waals surface area contributed by atoms with Gasteiger partial charge in [0.2, 0.25) is 5.91 Å². The van der Waals surface area contributed by atoms with Gasteiger partial charge in [-0.1, -0.05) is 6.92 Å². The summed E-state index contributed by atoms with van der Waals surface area (Å²) in [5.41, 5.74) is 1.61. The maximum absolute atomic E-state index is 12.3. The Morgan fingerprint density at radius 1 is 1.21 bits per heavy atom. The summed E-state index contributed by atoms with van der Waals surface area (Å²) in [5.74, 6) is 0.477. The molecule has 2 heterocycles. The number of benzene rings is 1. The van der Waals surface area contributed by atoms with Crippen molar-refractivity contribution in [3.63, 3.8) is 0 Å². The van der Waals surface area contributed by atoms with E-state index in [0.717, 1.165) is 13.1 Å². The molecule has 1 aromatic carbocycles. The Morgan fingerprint density at radius 3 is 2.54 bits per heavy atom. The topological polar surface area (TPSA) is 92.4 Å². The van der Waals surface area contributed by atoms with Crippen LogP contribution in [0.1, 0.15) is 17.3 Å². The van der Waals surface area contributed by atoms with Gasteiger partial charge in [0.1, 0.15) is 5.75 Å². The third-order valence-corrected chi connectivity index (χ3v) is 4.57. The van der Waals surface area contributed by atoms with Crippen molar-refractivity contribution in [1.29, 1.82) is 0 Å². The zero-order valence-electron chi connectivity index (χ0n) is 15.6. The Labute approximate surface area is 176 Å². The van der Waals surface area contributed by atoms with E-state index in [1.165, 1.54) is 13.3 Å². The predicted molar refractivity (Wildman–Crippen MR) is 114 cm³/mol. The van der Waals surface area contributed by atoms with Gasteiger partial charge < -0.3 is 20.7 Å². The van der Waals surface area contributed by atoms with Crippen molar-refractivity contribution in [2.45, 2.75) is 6.92 Å². The van der Waals surface area contributed by atoms with Crippen molar-refractivity contribution in [3.05, 3.63) is 48.3 Å². The van der Waals surface area contributed by atoms with Crippen LogP contribution in [0.3, 0.4) is 0 Å². The number of aromatic nitrogens is 1. The minimum atomic E-state index is -0.278. The van der Waals surface area contributed by atoms with Gasteiger partial charge in [-0.2, -0.15) is 0 Å². The zero-order valence-corrected chi connectivity index (χ0v) is 17.2. The molecule has 3 N–H and O–H groups in total. The molecule has 0 radical (unpaired) electrons. The lowest BCUT2D eigenvalue weighted by Crippen LogP contribution is -2.48. The second-order valence-electron chi connectivity index (χ2n) is 6.31. The van der Waals surface area contributed by atoms with Crippen molar-refractivity contribution < 1.29 is 14.3 Å². The molecule has 0 aliphatic carbocycles. The van der Waals surface area contributed by atoms with E-state index in [2.05, 4.69) is 20.9 Å². The van der Waals surface area contributed by atoms with E-state index >= 15 is 0 Å². The number of amides is 2. The monoisotopic (exact) mass is 426 g/mol. The van der Waals surface area contributed by atoms with Gasteiger partial charge in [-0.3, -0.25) is 14.6 Å². The quantitative estimate of drug-likeness (QED) is 0.659. The van der Waals surface area contributed by atoms with Crippen molar-refractivity contribution in [2.24, 2.45) is 11.8 Å². The van der Waals surface area contributed by atoms with Crippen molar-refractivity contribution >= 4 is 48.0 Å². The minimum absolute atomic E-state index is 0. The smallest absolute Gasteiger partial charge is 0.257 e. The molecule has 1 saturated heterocycles. The van der Waals surface area contributed by atoms with E-state index in [1.807, 2.05) is 6.92 Å². The van der Waals surface area contributed by atoms with E-state index in [-0.39, 0.29) is 42.5 Å². The Hall–Kier alpha value is -2.35. The highest BCUT2D eigenvalue weighted by Gasteiger charge is 2.28. The fourth-order valence-electron chi connectivity index (χ4n) is 2.70. The summed E-state index contributed by atoms with van der Waals surface area (Å²) in [6.45, 7) is 3.68. The van der Waals surface area contributed by atoms with Crippen LogP contribution in [0.15, 0.2) is 42.7 Å². The second-order valence-corrected chi connectivity index (χ2v) is 6.31. The third kappa shape index (κ3) is 5.58. The first-order valence-electron chi connectivity index (χ1n) is 8.49. The van der Waals surface area contributed by atoms with E-state index in [9.17, 15) is 9.59 Å². The average molecular weight is 427 g/mol. The molecule has 7 nitrogen and oxygen atoms in total. The number of hydrogen-bond acceptors (Lipinski definition) is 5.